The Bertz CT molecular complexity index is 1320. The second kappa shape index (κ2) is 14.5. The fraction of sp³-hybridized carbons (Fsp3) is 0.353. The maximum atomic E-state index is 3.37. The number of allylic oxidation sites excluding steroid dienone is 4. The second-order valence-electron chi connectivity index (χ2n) is 12.0. The van der Waals surface area contributed by atoms with Crippen LogP contribution in [0, 0.1) is 12.0 Å². The average Bonchev–Trinajstić information content (AvgIpc) is 3.51. The normalized spacial score (nSPS) is 14.5. The molecule has 38 heavy (non-hydrogen) atoms. The van der Waals surface area contributed by atoms with E-state index in [4.69, 9.17) is 0 Å². The Labute approximate surface area is 262 Å². The number of hydrogen-bond acceptors (Lipinski definition) is 1. The van der Waals surface area contributed by atoms with Crippen molar-refractivity contribution in [3.8, 4) is 0 Å². The minimum absolute atomic E-state index is 0. The third-order valence-electron chi connectivity index (χ3n) is 6.21. The summed E-state index contributed by atoms with van der Waals surface area (Å²) in [6.07, 6.45) is 7.69. The van der Waals surface area contributed by atoms with Gasteiger partial charge in [0.2, 0.25) is 0 Å². The Balaban J connectivity index is 0.000000358. The Morgan fingerprint density at radius 3 is 1.66 bits per heavy atom. The van der Waals surface area contributed by atoms with Gasteiger partial charge in [-0.2, -0.15) is 29.1 Å². The van der Waals surface area contributed by atoms with Gasteiger partial charge in [-0.1, -0.05) is 101 Å². The van der Waals surface area contributed by atoms with Gasteiger partial charge in [-0.15, -0.1) is 51.4 Å². The van der Waals surface area contributed by atoms with Gasteiger partial charge < -0.3 is 24.8 Å². The molecule has 0 spiro atoms. The van der Waals surface area contributed by atoms with E-state index in [0.717, 1.165) is 0 Å². The van der Waals surface area contributed by atoms with Crippen LogP contribution >= 0.6 is 11.3 Å². The van der Waals surface area contributed by atoms with Crippen molar-refractivity contribution < 1.29 is 49.0 Å². The molecule has 0 saturated carbocycles. The van der Waals surface area contributed by atoms with Crippen molar-refractivity contribution in [1.82, 2.24) is 0 Å². The standard InChI is InChI=1S/C21H25.C10H9S.C3H6.2ClH.Zr/c1-20(2,3)16-9-7-14-11-15-8-10-17(21(4,5)6)13-19(15)18(14)12-16;1-8-2-3-9(6-8)10-4-5-11-7-10;1-3-2;;;/h7-13H,1-6H3;2-5,7-8H,1H3;1-2H3;2*1H;/q2*-1;;;;+2/p-2. The SMILES string of the molecule is CC(C)(C)c1ccc2[cH-]c3ccc(C(C)(C)C)cc3c2c1.CC1[C-]=C(c2ccsc2)C=C1.C[C](C)=[Zr+2].[Cl-].[Cl-]. The summed E-state index contributed by atoms with van der Waals surface area (Å²) in [4.78, 5) is 0. The van der Waals surface area contributed by atoms with E-state index in [1.54, 1.807) is 35.6 Å². The van der Waals surface area contributed by atoms with Crippen LogP contribution in [0.3, 0.4) is 0 Å². The Hall–Kier alpha value is -1.18. The van der Waals surface area contributed by atoms with E-state index in [-0.39, 0.29) is 35.6 Å². The van der Waals surface area contributed by atoms with Crippen molar-refractivity contribution in [3.05, 3.63) is 94.2 Å². The van der Waals surface area contributed by atoms with E-state index in [1.165, 1.54) is 47.0 Å². The fourth-order valence-electron chi connectivity index (χ4n) is 4.11. The largest absolute Gasteiger partial charge is 1.00 e. The van der Waals surface area contributed by atoms with Gasteiger partial charge in [-0.3, -0.25) is 0 Å². The summed E-state index contributed by atoms with van der Waals surface area (Å²) in [7, 11) is 0. The molecule has 1 aromatic heterocycles. The van der Waals surface area contributed by atoms with Gasteiger partial charge in [0, 0.05) is 0 Å². The van der Waals surface area contributed by atoms with Crippen molar-refractivity contribution in [2.75, 3.05) is 0 Å². The third kappa shape index (κ3) is 9.48. The molecule has 1 heterocycles. The van der Waals surface area contributed by atoms with Crippen LogP contribution < -0.4 is 24.8 Å². The summed E-state index contributed by atoms with van der Waals surface area (Å²) in [5.41, 5.74) is 5.75. The molecule has 1 aliphatic carbocycles. The topological polar surface area (TPSA) is 0 Å². The number of rotatable bonds is 1. The zero-order valence-electron chi connectivity index (χ0n) is 24.2. The molecule has 0 bridgehead atoms. The van der Waals surface area contributed by atoms with Gasteiger partial charge in [0.1, 0.15) is 0 Å². The van der Waals surface area contributed by atoms with Gasteiger partial charge in [-0.25, -0.2) is 0 Å². The van der Waals surface area contributed by atoms with Crippen LogP contribution in [-0.4, -0.2) is 3.21 Å². The summed E-state index contributed by atoms with van der Waals surface area (Å²) in [6.45, 7) is 20.1. The van der Waals surface area contributed by atoms with Crippen molar-refractivity contribution in [2.24, 2.45) is 5.92 Å². The summed E-state index contributed by atoms with van der Waals surface area (Å²) in [5.74, 6) is 0.491. The smallest absolute Gasteiger partial charge is 1.00 e. The minimum atomic E-state index is 0. The number of hydrogen-bond donors (Lipinski definition) is 0. The fourth-order valence-corrected chi connectivity index (χ4v) is 4.77. The first-order valence-corrected chi connectivity index (χ1v) is 14.9. The van der Waals surface area contributed by atoms with Gasteiger partial charge in [-0.05, 0) is 16.2 Å². The Morgan fingerprint density at radius 1 is 0.842 bits per heavy atom. The maximum absolute atomic E-state index is 3.37. The van der Waals surface area contributed by atoms with Crippen molar-refractivity contribution >= 4 is 41.7 Å². The monoisotopic (exact) mass is 640 g/mol. The minimum Gasteiger partial charge on any atom is -1.00 e. The molecule has 1 unspecified atom stereocenters. The third-order valence-corrected chi connectivity index (χ3v) is 6.89. The van der Waals surface area contributed by atoms with Gasteiger partial charge in [0.15, 0.2) is 0 Å². The van der Waals surface area contributed by atoms with Crippen LogP contribution in [0.25, 0.3) is 27.1 Å². The molecule has 0 fully saturated rings. The Morgan fingerprint density at radius 2 is 1.32 bits per heavy atom. The molecular formula is C34H40Cl2SZr-2. The van der Waals surface area contributed by atoms with E-state index in [9.17, 15) is 0 Å². The van der Waals surface area contributed by atoms with Crippen LogP contribution in [0.4, 0.5) is 0 Å². The molecule has 202 valence electrons. The molecule has 0 saturated heterocycles. The molecule has 0 nitrogen and oxygen atoms in total. The molecule has 0 amide bonds. The quantitative estimate of drug-likeness (QED) is 0.273. The molecule has 3 aromatic carbocycles. The zero-order valence-corrected chi connectivity index (χ0v) is 29.0. The molecule has 0 N–H and O–H groups in total. The molecule has 4 heteroatoms. The van der Waals surface area contributed by atoms with E-state index in [1.807, 2.05) is 0 Å². The van der Waals surface area contributed by atoms with Gasteiger partial charge in [0.05, 0.1) is 0 Å². The first kappa shape index (κ1) is 34.9. The van der Waals surface area contributed by atoms with Crippen molar-refractivity contribution in [1.29, 1.82) is 0 Å². The van der Waals surface area contributed by atoms with Crippen LogP contribution in [0.15, 0.2) is 71.4 Å². The number of benzene rings is 2. The van der Waals surface area contributed by atoms with Gasteiger partial charge >= 0.3 is 41.3 Å². The van der Waals surface area contributed by atoms with Crippen molar-refractivity contribution in [2.45, 2.75) is 73.1 Å². The molecule has 5 rings (SSSR count). The molecular weight excluding hydrogens is 603 g/mol. The van der Waals surface area contributed by atoms with E-state index in [0.29, 0.717) is 5.92 Å². The van der Waals surface area contributed by atoms with E-state index in [2.05, 4.69) is 140 Å². The second-order valence-corrected chi connectivity index (χ2v) is 15.2. The maximum Gasteiger partial charge on any atom is -1.00 e. The molecule has 1 atom stereocenters. The van der Waals surface area contributed by atoms with Crippen LogP contribution in [-0.2, 0) is 35.1 Å². The summed E-state index contributed by atoms with van der Waals surface area (Å²) >= 11 is 3.29. The van der Waals surface area contributed by atoms with E-state index >= 15 is 0 Å². The predicted octanol–water partition coefficient (Wildman–Crippen LogP) is 4.20. The number of fused-ring (bicyclic) bond motifs is 3. The molecule has 4 aromatic rings. The predicted molar refractivity (Wildman–Crippen MR) is 160 cm³/mol. The molecule has 1 aliphatic rings. The molecule has 0 aliphatic heterocycles. The number of thiophene rings is 1. The van der Waals surface area contributed by atoms with Crippen molar-refractivity contribution in [3.63, 3.8) is 0 Å². The first-order chi connectivity index (χ1) is 16.8. The van der Waals surface area contributed by atoms with E-state index < -0.39 is 0 Å². The van der Waals surface area contributed by atoms with Crippen LogP contribution in [0.2, 0.25) is 0 Å². The summed E-state index contributed by atoms with van der Waals surface area (Å²) in [6, 6.07) is 18.3. The average molecular weight is 643 g/mol. The summed E-state index contributed by atoms with van der Waals surface area (Å²) < 4.78 is 1.51. The van der Waals surface area contributed by atoms with Crippen LogP contribution in [0.1, 0.15) is 79.0 Å². The van der Waals surface area contributed by atoms with Crippen LogP contribution in [0.5, 0.6) is 0 Å². The molecule has 0 radical (unpaired) electrons. The zero-order chi connectivity index (χ0) is 26.7. The van der Waals surface area contributed by atoms with Gasteiger partial charge in [0.25, 0.3) is 0 Å². The first-order valence-electron chi connectivity index (χ1n) is 12.8. The number of halogens is 2. The summed E-state index contributed by atoms with van der Waals surface area (Å²) in [5, 5.41) is 9.74. The Kier molecular flexibility index (Phi) is 13.3.